The van der Waals surface area contributed by atoms with Crippen LogP contribution in [0.1, 0.15) is 19.8 Å². The predicted octanol–water partition coefficient (Wildman–Crippen LogP) is 3.92. The molecule has 0 amide bonds. The second kappa shape index (κ2) is 5.22. The van der Waals surface area contributed by atoms with E-state index in [4.69, 9.17) is 4.74 Å². The van der Waals surface area contributed by atoms with Gasteiger partial charge in [0.05, 0.1) is 0 Å². The minimum atomic E-state index is -1.19. The van der Waals surface area contributed by atoms with Gasteiger partial charge in [-0.15, -0.1) is 0 Å². The summed E-state index contributed by atoms with van der Waals surface area (Å²) in [6.07, 6.45) is 0.0412. The average molecular weight is 247 g/mol. The standard InChI is InChI=1S/C10H12BrFO/c1-2-3-10(12)13-9-6-4-8(11)5-7-9/h4-7,10H,2-3H2,1H3. The smallest absolute Gasteiger partial charge is 0.238 e. The fourth-order valence-electron chi connectivity index (χ4n) is 0.947. The zero-order valence-electron chi connectivity index (χ0n) is 7.47. The zero-order chi connectivity index (χ0) is 9.68. The number of halogens is 2. The maximum absolute atomic E-state index is 13.0. The van der Waals surface area contributed by atoms with Crippen LogP contribution in [0.25, 0.3) is 0 Å². The SMILES string of the molecule is CCCC(F)Oc1ccc(Br)cc1. The van der Waals surface area contributed by atoms with E-state index in [2.05, 4.69) is 15.9 Å². The van der Waals surface area contributed by atoms with Gasteiger partial charge in [0.2, 0.25) is 6.36 Å². The van der Waals surface area contributed by atoms with Gasteiger partial charge in [-0.2, -0.15) is 0 Å². The Labute approximate surface area is 86.0 Å². The number of benzene rings is 1. The van der Waals surface area contributed by atoms with Gasteiger partial charge in [0.25, 0.3) is 0 Å². The topological polar surface area (TPSA) is 9.23 Å². The van der Waals surface area contributed by atoms with Gasteiger partial charge in [-0.25, -0.2) is 4.39 Å². The van der Waals surface area contributed by atoms with E-state index < -0.39 is 6.36 Å². The first kappa shape index (κ1) is 10.5. The van der Waals surface area contributed by atoms with Crippen molar-refractivity contribution >= 4 is 15.9 Å². The number of hydrogen-bond donors (Lipinski definition) is 0. The van der Waals surface area contributed by atoms with Crippen molar-refractivity contribution in [2.24, 2.45) is 0 Å². The predicted molar refractivity (Wildman–Crippen MR) is 54.6 cm³/mol. The highest BCUT2D eigenvalue weighted by atomic mass is 79.9. The molecule has 3 heteroatoms. The Morgan fingerprint density at radius 3 is 2.54 bits per heavy atom. The van der Waals surface area contributed by atoms with Crippen molar-refractivity contribution < 1.29 is 9.13 Å². The summed E-state index contributed by atoms with van der Waals surface area (Å²) in [7, 11) is 0. The highest BCUT2D eigenvalue weighted by Crippen LogP contribution is 2.18. The van der Waals surface area contributed by atoms with Crippen molar-refractivity contribution in [3.05, 3.63) is 28.7 Å². The number of hydrogen-bond acceptors (Lipinski definition) is 1. The Morgan fingerprint density at radius 1 is 1.38 bits per heavy atom. The van der Waals surface area contributed by atoms with Crippen LogP contribution in [0.4, 0.5) is 4.39 Å². The fourth-order valence-corrected chi connectivity index (χ4v) is 1.21. The molecule has 0 bridgehead atoms. The van der Waals surface area contributed by atoms with Crippen LogP contribution in [0, 0.1) is 0 Å². The van der Waals surface area contributed by atoms with E-state index in [9.17, 15) is 4.39 Å². The molecule has 1 unspecified atom stereocenters. The lowest BCUT2D eigenvalue weighted by molar-refractivity contribution is 0.0588. The molecular weight excluding hydrogens is 235 g/mol. The van der Waals surface area contributed by atoms with Crippen molar-refractivity contribution in [3.63, 3.8) is 0 Å². The van der Waals surface area contributed by atoms with Crippen LogP contribution >= 0.6 is 15.9 Å². The van der Waals surface area contributed by atoms with E-state index in [0.29, 0.717) is 12.2 Å². The molecule has 1 nitrogen and oxygen atoms in total. The third kappa shape index (κ3) is 3.77. The van der Waals surface area contributed by atoms with E-state index in [1.807, 2.05) is 19.1 Å². The normalized spacial score (nSPS) is 12.5. The molecule has 1 rings (SSSR count). The highest BCUT2D eigenvalue weighted by molar-refractivity contribution is 9.10. The molecule has 0 spiro atoms. The van der Waals surface area contributed by atoms with Crippen molar-refractivity contribution in [2.45, 2.75) is 26.1 Å². The Bertz CT molecular complexity index is 248. The van der Waals surface area contributed by atoms with Gasteiger partial charge >= 0.3 is 0 Å². The molecule has 0 aliphatic rings. The largest absolute Gasteiger partial charge is 0.460 e. The maximum atomic E-state index is 13.0. The lowest BCUT2D eigenvalue weighted by atomic mass is 10.3. The van der Waals surface area contributed by atoms with Gasteiger partial charge in [-0.3, -0.25) is 0 Å². The Morgan fingerprint density at radius 2 is 2.00 bits per heavy atom. The molecule has 0 aromatic heterocycles. The number of ether oxygens (including phenoxy) is 1. The molecule has 0 aliphatic carbocycles. The number of alkyl halides is 1. The van der Waals surface area contributed by atoms with Gasteiger partial charge in [-0.05, 0) is 30.7 Å². The molecule has 0 radical (unpaired) electrons. The number of rotatable bonds is 4. The summed E-state index contributed by atoms with van der Waals surface area (Å²) in [5, 5.41) is 0. The van der Waals surface area contributed by atoms with Crippen molar-refractivity contribution in [3.8, 4) is 5.75 Å². The van der Waals surface area contributed by atoms with Gasteiger partial charge in [-0.1, -0.05) is 22.9 Å². The first-order chi connectivity index (χ1) is 6.22. The van der Waals surface area contributed by atoms with Crippen LogP contribution in [0.5, 0.6) is 5.75 Å². The molecule has 1 aromatic rings. The van der Waals surface area contributed by atoms with Crippen LogP contribution in [-0.4, -0.2) is 6.36 Å². The average Bonchev–Trinajstić information content (AvgIpc) is 2.09. The first-order valence-electron chi connectivity index (χ1n) is 4.28. The zero-order valence-corrected chi connectivity index (χ0v) is 9.05. The molecule has 0 fully saturated rings. The maximum Gasteiger partial charge on any atom is 0.238 e. The van der Waals surface area contributed by atoms with E-state index in [0.717, 1.165) is 10.9 Å². The van der Waals surface area contributed by atoms with Crippen LogP contribution < -0.4 is 4.74 Å². The van der Waals surface area contributed by atoms with E-state index in [-0.39, 0.29) is 0 Å². The van der Waals surface area contributed by atoms with Gasteiger partial charge in [0.15, 0.2) is 0 Å². The van der Waals surface area contributed by atoms with E-state index in [1.54, 1.807) is 12.1 Å². The second-order valence-electron chi connectivity index (χ2n) is 2.77. The Kier molecular flexibility index (Phi) is 4.22. The molecule has 0 N–H and O–H groups in total. The molecule has 0 aliphatic heterocycles. The third-order valence-corrected chi connectivity index (χ3v) is 2.12. The molecular formula is C10H12BrFO. The van der Waals surface area contributed by atoms with Crippen LogP contribution in [0.2, 0.25) is 0 Å². The molecule has 0 saturated carbocycles. The fraction of sp³-hybridized carbons (Fsp3) is 0.400. The lowest BCUT2D eigenvalue weighted by Crippen LogP contribution is -2.08. The summed E-state index contributed by atoms with van der Waals surface area (Å²) < 4.78 is 18.9. The quantitative estimate of drug-likeness (QED) is 0.783. The minimum absolute atomic E-state index is 0.441. The summed E-state index contributed by atoms with van der Waals surface area (Å²) in [6.45, 7) is 1.93. The van der Waals surface area contributed by atoms with Gasteiger partial charge < -0.3 is 4.74 Å². The second-order valence-corrected chi connectivity index (χ2v) is 3.69. The molecule has 1 atom stereocenters. The van der Waals surface area contributed by atoms with Crippen LogP contribution in [-0.2, 0) is 0 Å². The first-order valence-corrected chi connectivity index (χ1v) is 5.08. The summed E-state index contributed by atoms with van der Waals surface area (Å²) in [6, 6.07) is 7.14. The van der Waals surface area contributed by atoms with Crippen LogP contribution in [0.15, 0.2) is 28.7 Å². The van der Waals surface area contributed by atoms with Gasteiger partial charge in [0, 0.05) is 10.9 Å². The van der Waals surface area contributed by atoms with Crippen molar-refractivity contribution in [2.75, 3.05) is 0 Å². The van der Waals surface area contributed by atoms with E-state index >= 15 is 0 Å². The molecule has 0 heterocycles. The molecule has 13 heavy (non-hydrogen) atoms. The van der Waals surface area contributed by atoms with Crippen LogP contribution in [0.3, 0.4) is 0 Å². The lowest BCUT2D eigenvalue weighted by Gasteiger charge is -2.09. The summed E-state index contributed by atoms with van der Waals surface area (Å²) in [5.41, 5.74) is 0. The van der Waals surface area contributed by atoms with Crippen molar-refractivity contribution in [1.29, 1.82) is 0 Å². The molecule has 72 valence electrons. The Hall–Kier alpha value is -0.570. The van der Waals surface area contributed by atoms with Crippen molar-refractivity contribution in [1.82, 2.24) is 0 Å². The third-order valence-electron chi connectivity index (χ3n) is 1.59. The monoisotopic (exact) mass is 246 g/mol. The highest BCUT2D eigenvalue weighted by Gasteiger charge is 2.05. The summed E-state index contributed by atoms with van der Waals surface area (Å²) >= 11 is 3.29. The van der Waals surface area contributed by atoms with E-state index in [1.165, 1.54) is 0 Å². The summed E-state index contributed by atoms with van der Waals surface area (Å²) in [4.78, 5) is 0. The summed E-state index contributed by atoms with van der Waals surface area (Å²) in [5.74, 6) is 0.573. The molecule has 0 saturated heterocycles. The molecule has 1 aromatic carbocycles. The van der Waals surface area contributed by atoms with Gasteiger partial charge in [0.1, 0.15) is 5.75 Å². The Balaban J connectivity index is 2.49. The minimum Gasteiger partial charge on any atom is -0.460 e.